The molecule has 4 heteroatoms. The summed E-state index contributed by atoms with van der Waals surface area (Å²) in [5.74, 6) is 0. The molecule has 14 heavy (non-hydrogen) atoms. The van der Waals surface area contributed by atoms with Crippen molar-refractivity contribution in [2.75, 3.05) is 26.3 Å². The smallest absolute Gasteiger partial charge is 0.109 e. The summed E-state index contributed by atoms with van der Waals surface area (Å²) in [6.07, 6.45) is 3.87. The van der Waals surface area contributed by atoms with E-state index >= 15 is 0 Å². The Morgan fingerprint density at radius 3 is 2.00 bits per heavy atom. The van der Waals surface area contributed by atoms with E-state index in [0.29, 0.717) is 13.1 Å². The second-order valence-electron chi connectivity index (χ2n) is 3.78. The normalized spacial score (nSPS) is 19.9. The Kier molecular flexibility index (Phi) is 4.33. The van der Waals surface area contributed by atoms with Crippen LogP contribution in [0.4, 0.5) is 0 Å². The van der Waals surface area contributed by atoms with E-state index in [1.165, 1.54) is 0 Å². The fourth-order valence-corrected chi connectivity index (χ4v) is 2.24. The lowest BCUT2D eigenvalue weighted by atomic mass is 9.97. The fraction of sp³-hybridized carbons (Fsp3) is 0.900. The van der Waals surface area contributed by atoms with E-state index in [0.717, 1.165) is 25.7 Å². The minimum absolute atomic E-state index is 0.0451. The number of nitriles is 1. The van der Waals surface area contributed by atoms with E-state index in [2.05, 4.69) is 6.07 Å². The van der Waals surface area contributed by atoms with E-state index in [1.807, 2.05) is 4.90 Å². The highest BCUT2D eigenvalue weighted by atomic mass is 16.3. The van der Waals surface area contributed by atoms with Crippen LogP contribution in [-0.4, -0.2) is 47.0 Å². The third-order valence-corrected chi connectivity index (χ3v) is 2.98. The van der Waals surface area contributed by atoms with Crippen molar-refractivity contribution in [1.82, 2.24) is 4.90 Å². The molecular formula is C10H18N2O2. The summed E-state index contributed by atoms with van der Waals surface area (Å²) in [5.41, 5.74) is -0.425. The molecular weight excluding hydrogens is 180 g/mol. The molecule has 1 aliphatic carbocycles. The van der Waals surface area contributed by atoms with E-state index in [9.17, 15) is 5.26 Å². The van der Waals surface area contributed by atoms with Crippen LogP contribution in [0.25, 0.3) is 0 Å². The van der Waals surface area contributed by atoms with Gasteiger partial charge in [0.2, 0.25) is 0 Å². The van der Waals surface area contributed by atoms with Gasteiger partial charge in [-0.3, -0.25) is 4.90 Å². The maximum atomic E-state index is 9.19. The van der Waals surface area contributed by atoms with Gasteiger partial charge in [0.25, 0.3) is 0 Å². The first-order valence-electron chi connectivity index (χ1n) is 5.17. The number of hydrogen-bond donors (Lipinski definition) is 2. The van der Waals surface area contributed by atoms with Crippen molar-refractivity contribution in [3.8, 4) is 6.07 Å². The Labute approximate surface area is 84.8 Å². The highest BCUT2D eigenvalue weighted by Gasteiger charge is 2.39. The first-order chi connectivity index (χ1) is 6.79. The van der Waals surface area contributed by atoms with Gasteiger partial charge in [0.1, 0.15) is 5.54 Å². The summed E-state index contributed by atoms with van der Waals surface area (Å²) in [6, 6.07) is 2.35. The topological polar surface area (TPSA) is 67.5 Å². The number of β-amino-alcohol motifs (C(OH)–C–C–N with tert-alkyl or cyclic N) is 2. The van der Waals surface area contributed by atoms with Crippen LogP contribution in [0.5, 0.6) is 0 Å². The van der Waals surface area contributed by atoms with Gasteiger partial charge in [0, 0.05) is 13.1 Å². The molecule has 1 fully saturated rings. The van der Waals surface area contributed by atoms with Gasteiger partial charge in [-0.05, 0) is 12.8 Å². The van der Waals surface area contributed by atoms with Gasteiger partial charge in [0.15, 0.2) is 0 Å². The zero-order valence-electron chi connectivity index (χ0n) is 8.45. The average Bonchev–Trinajstić information content (AvgIpc) is 2.67. The van der Waals surface area contributed by atoms with Gasteiger partial charge in [0.05, 0.1) is 19.3 Å². The summed E-state index contributed by atoms with van der Waals surface area (Å²) in [7, 11) is 0. The van der Waals surface area contributed by atoms with Crippen molar-refractivity contribution in [2.24, 2.45) is 0 Å². The predicted molar refractivity (Wildman–Crippen MR) is 52.6 cm³/mol. The van der Waals surface area contributed by atoms with E-state index in [4.69, 9.17) is 10.2 Å². The van der Waals surface area contributed by atoms with Gasteiger partial charge < -0.3 is 10.2 Å². The zero-order chi connectivity index (χ0) is 10.4. The number of aliphatic hydroxyl groups excluding tert-OH is 2. The molecule has 2 N–H and O–H groups in total. The molecule has 0 aromatic rings. The Morgan fingerprint density at radius 2 is 1.64 bits per heavy atom. The average molecular weight is 198 g/mol. The van der Waals surface area contributed by atoms with Crippen LogP contribution in [0.2, 0.25) is 0 Å². The Morgan fingerprint density at radius 1 is 1.14 bits per heavy atom. The van der Waals surface area contributed by atoms with Gasteiger partial charge in [-0.2, -0.15) is 5.26 Å². The SMILES string of the molecule is N#CC1(N(CCO)CCO)CCCC1. The van der Waals surface area contributed by atoms with Crippen LogP contribution in [-0.2, 0) is 0 Å². The highest BCUT2D eigenvalue weighted by molar-refractivity contribution is 5.11. The second-order valence-corrected chi connectivity index (χ2v) is 3.78. The first kappa shape index (κ1) is 11.4. The van der Waals surface area contributed by atoms with E-state index in [1.54, 1.807) is 0 Å². The third kappa shape index (κ3) is 2.24. The molecule has 1 saturated carbocycles. The minimum atomic E-state index is -0.425. The molecule has 0 bridgehead atoms. The molecule has 0 atom stereocenters. The highest BCUT2D eigenvalue weighted by Crippen LogP contribution is 2.34. The fourth-order valence-electron chi connectivity index (χ4n) is 2.24. The minimum Gasteiger partial charge on any atom is -0.395 e. The first-order valence-corrected chi connectivity index (χ1v) is 5.17. The molecule has 0 radical (unpaired) electrons. The largest absolute Gasteiger partial charge is 0.395 e. The molecule has 0 aromatic heterocycles. The molecule has 80 valence electrons. The monoisotopic (exact) mass is 198 g/mol. The van der Waals surface area contributed by atoms with Crippen LogP contribution in [0.15, 0.2) is 0 Å². The Balaban J connectivity index is 2.67. The Bertz CT molecular complexity index is 201. The summed E-state index contributed by atoms with van der Waals surface area (Å²) >= 11 is 0. The molecule has 1 aliphatic rings. The van der Waals surface area contributed by atoms with Crippen LogP contribution in [0.1, 0.15) is 25.7 Å². The molecule has 0 saturated heterocycles. The zero-order valence-corrected chi connectivity index (χ0v) is 8.45. The molecule has 0 amide bonds. The second kappa shape index (κ2) is 5.30. The van der Waals surface area contributed by atoms with Gasteiger partial charge in [-0.1, -0.05) is 12.8 Å². The molecule has 1 rings (SSSR count). The summed E-state index contributed by atoms with van der Waals surface area (Å²) in [5, 5.41) is 27.0. The maximum absolute atomic E-state index is 9.19. The standard InChI is InChI=1S/C10H18N2O2/c11-9-10(3-1-2-4-10)12(5-7-13)6-8-14/h13-14H,1-8H2. The maximum Gasteiger partial charge on any atom is 0.109 e. The quantitative estimate of drug-likeness (QED) is 0.658. The van der Waals surface area contributed by atoms with Gasteiger partial charge >= 0.3 is 0 Å². The molecule has 0 heterocycles. The van der Waals surface area contributed by atoms with Crippen molar-refractivity contribution < 1.29 is 10.2 Å². The lowest BCUT2D eigenvalue weighted by molar-refractivity contribution is 0.0875. The summed E-state index contributed by atoms with van der Waals surface area (Å²) in [6.45, 7) is 1.05. The van der Waals surface area contributed by atoms with E-state index in [-0.39, 0.29) is 13.2 Å². The number of hydrogen-bond acceptors (Lipinski definition) is 4. The van der Waals surface area contributed by atoms with Gasteiger partial charge in [-0.25, -0.2) is 0 Å². The number of rotatable bonds is 5. The van der Waals surface area contributed by atoms with Crippen LogP contribution < -0.4 is 0 Å². The van der Waals surface area contributed by atoms with Crippen molar-refractivity contribution >= 4 is 0 Å². The van der Waals surface area contributed by atoms with Crippen molar-refractivity contribution in [3.05, 3.63) is 0 Å². The molecule has 4 nitrogen and oxygen atoms in total. The summed E-state index contributed by atoms with van der Waals surface area (Å²) in [4.78, 5) is 1.92. The van der Waals surface area contributed by atoms with Gasteiger partial charge in [-0.15, -0.1) is 0 Å². The predicted octanol–water partition coefficient (Wildman–Crippen LogP) is 0.109. The van der Waals surface area contributed by atoms with E-state index < -0.39 is 5.54 Å². The third-order valence-electron chi connectivity index (χ3n) is 2.98. The lowest BCUT2D eigenvalue weighted by Gasteiger charge is -2.34. The molecule has 0 aromatic carbocycles. The van der Waals surface area contributed by atoms with Crippen molar-refractivity contribution in [1.29, 1.82) is 5.26 Å². The number of aliphatic hydroxyl groups is 2. The lowest BCUT2D eigenvalue weighted by Crippen LogP contribution is -2.48. The van der Waals surface area contributed by atoms with Crippen LogP contribution in [0, 0.1) is 11.3 Å². The Hall–Kier alpha value is -0.630. The summed E-state index contributed by atoms with van der Waals surface area (Å²) < 4.78 is 0. The molecule has 0 unspecified atom stereocenters. The van der Waals surface area contributed by atoms with Crippen molar-refractivity contribution in [3.63, 3.8) is 0 Å². The van der Waals surface area contributed by atoms with Crippen molar-refractivity contribution in [2.45, 2.75) is 31.2 Å². The molecule has 0 aliphatic heterocycles. The number of nitrogens with zero attached hydrogens (tertiary/aromatic N) is 2. The van der Waals surface area contributed by atoms with Crippen LogP contribution in [0.3, 0.4) is 0 Å². The molecule has 0 spiro atoms. The van der Waals surface area contributed by atoms with Crippen LogP contribution >= 0.6 is 0 Å².